The predicted molar refractivity (Wildman–Crippen MR) is 116 cm³/mol. The Labute approximate surface area is 207 Å². The third kappa shape index (κ3) is 2.17. The Balaban J connectivity index is 1.35. The topological polar surface area (TPSA) is 55.8 Å². The standard InChI is InChI=1S/C20H13Cl6NO4/c21-14-15(22)19(24)11-10(18(14,23)20(19,25)26)12-8-9(13(11)31-12)17(29)27(16(8)28)30-6-7-4-2-1-3-5-7/h1-5,8-13H,6H2. The molecule has 3 aliphatic heterocycles. The number of carbonyl (C=O) groups is 2. The summed E-state index contributed by atoms with van der Waals surface area (Å²) in [4.78, 5) is 28.9. The number of carbonyl (C=O) groups excluding carboxylic acids is 2. The molecule has 8 atom stereocenters. The molecule has 2 aliphatic carbocycles. The summed E-state index contributed by atoms with van der Waals surface area (Å²) < 4.78 is 4.37. The van der Waals surface area contributed by atoms with E-state index in [4.69, 9.17) is 79.2 Å². The quantitative estimate of drug-likeness (QED) is 0.414. The van der Waals surface area contributed by atoms with Gasteiger partial charge in [0.15, 0.2) is 4.33 Å². The van der Waals surface area contributed by atoms with E-state index in [1.807, 2.05) is 30.3 Å². The molecule has 0 N–H and O–H groups in total. The number of hydrogen-bond acceptors (Lipinski definition) is 4. The largest absolute Gasteiger partial charge is 0.373 e. The molecule has 11 heteroatoms. The van der Waals surface area contributed by atoms with Gasteiger partial charge >= 0.3 is 0 Å². The number of nitrogens with zero attached hydrogens (tertiary/aromatic N) is 1. The van der Waals surface area contributed by atoms with Crippen LogP contribution in [0.25, 0.3) is 0 Å². The van der Waals surface area contributed by atoms with Crippen LogP contribution >= 0.6 is 69.6 Å². The van der Waals surface area contributed by atoms with Crippen LogP contribution in [-0.4, -0.2) is 43.2 Å². The van der Waals surface area contributed by atoms with Crippen molar-refractivity contribution in [3.63, 3.8) is 0 Å². The van der Waals surface area contributed by atoms with Gasteiger partial charge in [-0.05, 0) is 5.56 Å². The summed E-state index contributed by atoms with van der Waals surface area (Å²) in [5, 5.41) is 0.943. The number of fused-ring (bicyclic) bond motifs is 12. The second-order valence-electron chi connectivity index (χ2n) is 8.52. The Morgan fingerprint density at radius 1 is 0.871 bits per heavy atom. The summed E-state index contributed by atoms with van der Waals surface area (Å²) in [5.74, 6) is -3.70. The van der Waals surface area contributed by atoms with Crippen LogP contribution < -0.4 is 0 Å². The van der Waals surface area contributed by atoms with Crippen LogP contribution in [0.5, 0.6) is 0 Å². The average Bonchev–Trinajstić information content (AvgIpc) is 3.44. The van der Waals surface area contributed by atoms with Gasteiger partial charge in [-0.15, -0.1) is 23.2 Å². The average molecular weight is 544 g/mol. The Morgan fingerprint density at radius 3 is 1.84 bits per heavy atom. The van der Waals surface area contributed by atoms with Crippen LogP contribution in [0.1, 0.15) is 5.56 Å². The lowest BCUT2D eigenvalue weighted by atomic mass is 9.65. The molecule has 0 aromatic heterocycles. The van der Waals surface area contributed by atoms with Gasteiger partial charge in [-0.2, -0.15) is 5.06 Å². The zero-order valence-electron chi connectivity index (χ0n) is 15.4. The number of halogens is 6. The second-order valence-corrected chi connectivity index (χ2v) is 11.8. The summed E-state index contributed by atoms with van der Waals surface area (Å²) in [6, 6.07) is 9.23. The van der Waals surface area contributed by atoms with Gasteiger partial charge in [0.2, 0.25) is 0 Å². The van der Waals surface area contributed by atoms with E-state index in [9.17, 15) is 9.59 Å². The van der Waals surface area contributed by atoms with Crippen LogP contribution in [0, 0.1) is 23.7 Å². The lowest BCUT2D eigenvalue weighted by molar-refractivity contribution is -0.196. The maximum absolute atomic E-state index is 13.2. The molecular formula is C20H13Cl6NO4. The van der Waals surface area contributed by atoms with Crippen molar-refractivity contribution < 1.29 is 19.2 Å². The first-order valence-corrected chi connectivity index (χ1v) is 11.9. The molecule has 2 amide bonds. The van der Waals surface area contributed by atoms with Gasteiger partial charge < -0.3 is 4.74 Å². The lowest BCUT2D eigenvalue weighted by Crippen LogP contribution is -2.50. The fourth-order valence-electron chi connectivity index (χ4n) is 6.11. The van der Waals surface area contributed by atoms with Crippen molar-refractivity contribution in [2.45, 2.75) is 32.9 Å². The number of rotatable bonds is 3. The fourth-order valence-corrected chi connectivity index (χ4v) is 9.17. The van der Waals surface area contributed by atoms with E-state index in [-0.39, 0.29) is 16.7 Å². The molecule has 4 fully saturated rings. The highest BCUT2D eigenvalue weighted by Gasteiger charge is 2.90. The summed E-state index contributed by atoms with van der Waals surface area (Å²) in [5.41, 5.74) is 0.825. The van der Waals surface area contributed by atoms with E-state index in [1.165, 1.54) is 0 Å². The number of alkyl halides is 4. The molecule has 6 rings (SSSR count). The van der Waals surface area contributed by atoms with E-state index in [2.05, 4.69) is 0 Å². The van der Waals surface area contributed by atoms with Gasteiger partial charge in [0.1, 0.15) is 16.4 Å². The molecule has 1 aromatic rings. The predicted octanol–water partition coefficient (Wildman–Crippen LogP) is 4.58. The molecule has 1 aromatic carbocycles. The Morgan fingerprint density at radius 2 is 1.35 bits per heavy atom. The van der Waals surface area contributed by atoms with Crippen LogP contribution in [0.15, 0.2) is 40.4 Å². The Hall–Kier alpha value is -0.240. The van der Waals surface area contributed by atoms with Crippen LogP contribution in [0.4, 0.5) is 0 Å². The van der Waals surface area contributed by atoms with Crippen molar-refractivity contribution >= 4 is 81.4 Å². The molecule has 5 nitrogen and oxygen atoms in total. The molecular weight excluding hydrogens is 531 g/mol. The number of amides is 2. The van der Waals surface area contributed by atoms with Gasteiger partial charge in [-0.25, -0.2) is 0 Å². The minimum atomic E-state index is -1.74. The Kier molecular flexibility index (Phi) is 4.43. The van der Waals surface area contributed by atoms with Crippen molar-refractivity contribution in [1.82, 2.24) is 5.06 Å². The van der Waals surface area contributed by atoms with E-state index in [0.717, 1.165) is 10.6 Å². The van der Waals surface area contributed by atoms with E-state index >= 15 is 0 Å². The molecule has 164 valence electrons. The normalized spacial score (nSPS) is 46.3. The zero-order valence-corrected chi connectivity index (χ0v) is 19.9. The second kappa shape index (κ2) is 6.45. The van der Waals surface area contributed by atoms with Crippen molar-refractivity contribution in [3.8, 4) is 0 Å². The molecule has 0 radical (unpaired) electrons. The third-order valence-electron chi connectivity index (χ3n) is 7.34. The minimum absolute atomic E-state index is 0.0544. The van der Waals surface area contributed by atoms with Crippen molar-refractivity contribution in [1.29, 1.82) is 0 Å². The molecule has 31 heavy (non-hydrogen) atoms. The smallest absolute Gasteiger partial charge is 0.260 e. The molecule has 1 saturated carbocycles. The highest BCUT2D eigenvalue weighted by Crippen LogP contribution is 2.81. The first kappa shape index (κ1) is 21.3. The highest BCUT2D eigenvalue weighted by molar-refractivity contribution is 6.65. The number of imide groups is 1. The lowest BCUT2D eigenvalue weighted by Gasteiger charge is -2.39. The molecule has 3 heterocycles. The fraction of sp³-hybridized carbons (Fsp3) is 0.500. The van der Waals surface area contributed by atoms with Crippen LogP contribution in [0.3, 0.4) is 0 Å². The van der Waals surface area contributed by atoms with Gasteiger partial charge in [0.25, 0.3) is 11.8 Å². The van der Waals surface area contributed by atoms with E-state index in [0.29, 0.717) is 0 Å². The van der Waals surface area contributed by atoms with Crippen LogP contribution in [-0.2, 0) is 25.8 Å². The summed E-state index contributed by atoms with van der Waals surface area (Å²) in [7, 11) is 0. The summed E-state index contributed by atoms with van der Waals surface area (Å²) in [6.45, 7) is 0.0748. The molecule has 3 saturated heterocycles. The Bertz CT molecular complexity index is 1010. The number of benzene rings is 1. The zero-order chi connectivity index (χ0) is 22.1. The molecule has 5 aliphatic rings. The minimum Gasteiger partial charge on any atom is -0.373 e. The maximum Gasteiger partial charge on any atom is 0.260 e. The summed E-state index contributed by atoms with van der Waals surface area (Å²) >= 11 is 40.1. The monoisotopic (exact) mass is 541 g/mol. The van der Waals surface area contributed by atoms with Crippen molar-refractivity contribution in [2.24, 2.45) is 23.7 Å². The van der Waals surface area contributed by atoms with Gasteiger partial charge in [-0.3, -0.25) is 14.4 Å². The maximum atomic E-state index is 13.2. The van der Waals surface area contributed by atoms with Gasteiger partial charge in [0, 0.05) is 11.8 Å². The molecule has 4 bridgehead atoms. The number of allylic oxidation sites excluding steroid dienone is 2. The van der Waals surface area contributed by atoms with Crippen molar-refractivity contribution in [3.05, 3.63) is 46.0 Å². The van der Waals surface area contributed by atoms with Gasteiger partial charge in [0.05, 0.1) is 34.1 Å². The first-order chi connectivity index (χ1) is 14.6. The SMILES string of the molecule is O=C1C2C3OC(C2C(=O)N1OCc1ccccc1)C1C3C2(Cl)C(Cl)=C(Cl)C1(Cl)C2(Cl)Cl. The highest BCUT2D eigenvalue weighted by atomic mass is 35.5. The molecule has 0 spiro atoms. The number of ether oxygens (including phenoxy) is 1. The van der Waals surface area contributed by atoms with Crippen LogP contribution in [0.2, 0.25) is 0 Å². The van der Waals surface area contributed by atoms with Crippen molar-refractivity contribution in [2.75, 3.05) is 0 Å². The first-order valence-electron chi connectivity index (χ1n) is 9.60. The third-order valence-corrected chi connectivity index (χ3v) is 11.6. The van der Waals surface area contributed by atoms with E-state index in [1.54, 1.807) is 0 Å². The summed E-state index contributed by atoms with van der Waals surface area (Å²) in [6.07, 6.45) is -1.48. The number of hydrogen-bond donors (Lipinski definition) is 0. The van der Waals surface area contributed by atoms with E-state index < -0.39 is 61.8 Å². The number of hydroxylamine groups is 2. The molecule has 8 unspecified atom stereocenters. The van der Waals surface area contributed by atoms with Gasteiger partial charge in [-0.1, -0.05) is 76.7 Å².